The average Bonchev–Trinajstić information content (AvgIpc) is 2.03. The second-order valence-corrected chi connectivity index (χ2v) is 2.66. The third-order valence-electron chi connectivity index (χ3n) is 1.50. The molecular weight excluding hydrogens is 146 g/mol. The molecule has 0 radical (unpaired) electrons. The van der Waals surface area contributed by atoms with Crippen LogP contribution in [-0.4, -0.2) is 7.05 Å². The molecule has 1 nitrogen and oxygen atoms in total. The van der Waals surface area contributed by atoms with Crippen LogP contribution in [0.25, 0.3) is 0 Å². The van der Waals surface area contributed by atoms with Crippen LogP contribution in [0.4, 0.5) is 0 Å². The predicted octanol–water partition coefficient (Wildman–Crippen LogP) is 2.80. The van der Waals surface area contributed by atoms with Gasteiger partial charge < -0.3 is 5.32 Å². The Morgan fingerprint density at radius 1 is 1.17 bits per heavy atom. The SMILES string of the molecule is C=C(C)/C(C)=C/C=C/C=C/NC. The molecule has 0 amide bonds. The summed E-state index contributed by atoms with van der Waals surface area (Å²) in [5.74, 6) is 0. The van der Waals surface area contributed by atoms with E-state index >= 15 is 0 Å². The van der Waals surface area contributed by atoms with E-state index in [2.05, 4.69) is 18.8 Å². The molecule has 0 unspecified atom stereocenters. The molecule has 0 aliphatic heterocycles. The van der Waals surface area contributed by atoms with Crippen molar-refractivity contribution in [3.05, 3.63) is 48.2 Å². The minimum atomic E-state index is 1.11. The summed E-state index contributed by atoms with van der Waals surface area (Å²) in [7, 11) is 1.87. The molecule has 0 aliphatic carbocycles. The van der Waals surface area contributed by atoms with Crippen LogP contribution in [0, 0.1) is 0 Å². The van der Waals surface area contributed by atoms with Gasteiger partial charge in [0, 0.05) is 7.05 Å². The van der Waals surface area contributed by atoms with Crippen LogP contribution in [0.2, 0.25) is 0 Å². The minimum absolute atomic E-state index is 1.11. The van der Waals surface area contributed by atoms with E-state index in [-0.39, 0.29) is 0 Å². The third-order valence-corrected chi connectivity index (χ3v) is 1.50. The van der Waals surface area contributed by atoms with Crippen LogP contribution in [0.1, 0.15) is 13.8 Å². The maximum absolute atomic E-state index is 3.84. The molecule has 0 saturated carbocycles. The van der Waals surface area contributed by atoms with Crippen molar-refractivity contribution in [3.63, 3.8) is 0 Å². The lowest BCUT2D eigenvalue weighted by Crippen LogP contribution is -1.89. The van der Waals surface area contributed by atoms with E-state index in [0.717, 1.165) is 5.57 Å². The maximum Gasteiger partial charge on any atom is 0.00277 e. The van der Waals surface area contributed by atoms with Gasteiger partial charge in [0.1, 0.15) is 0 Å². The topological polar surface area (TPSA) is 12.0 Å². The van der Waals surface area contributed by atoms with Crippen molar-refractivity contribution < 1.29 is 0 Å². The van der Waals surface area contributed by atoms with E-state index in [1.807, 2.05) is 44.5 Å². The molecule has 0 aromatic rings. The van der Waals surface area contributed by atoms with Crippen LogP contribution < -0.4 is 5.32 Å². The number of allylic oxidation sites excluding steroid dienone is 6. The Hall–Kier alpha value is -1.24. The molecular formula is C11H17N. The summed E-state index contributed by atoms with van der Waals surface area (Å²) >= 11 is 0. The Bertz CT molecular complexity index is 219. The normalized spacial score (nSPS) is 12.8. The van der Waals surface area contributed by atoms with E-state index in [4.69, 9.17) is 0 Å². The van der Waals surface area contributed by atoms with Gasteiger partial charge in [-0.05, 0) is 31.7 Å². The van der Waals surface area contributed by atoms with Gasteiger partial charge in [-0.3, -0.25) is 0 Å². The highest BCUT2D eigenvalue weighted by molar-refractivity contribution is 5.28. The first-order chi connectivity index (χ1) is 5.68. The lowest BCUT2D eigenvalue weighted by molar-refractivity contribution is 1.10. The van der Waals surface area contributed by atoms with Gasteiger partial charge in [0.05, 0.1) is 0 Å². The van der Waals surface area contributed by atoms with E-state index < -0.39 is 0 Å². The monoisotopic (exact) mass is 163 g/mol. The molecule has 12 heavy (non-hydrogen) atoms. The molecule has 0 fully saturated rings. The van der Waals surface area contributed by atoms with Gasteiger partial charge in [-0.15, -0.1) is 0 Å². The Kier molecular flexibility index (Phi) is 5.80. The van der Waals surface area contributed by atoms with Crippen molar-refractivity contribution in [2.45, 2.75) is 13.8 Å². The van der Waals surface area contributed by atoms with Gasteiger partial charge in [0.25, 0.3) is 0 Å². The smallest absolute Gasteiger partial charge is 0.00277 e. The van der Waals surface area contributed by atoms with Gasteiger partial charge in [-0.2, -0.15) is 0 Å². The molecule has 1 heteroatoms. The Balaban J connectivity index is 3.95. The summed E-state index contributed by atoms with van der Waals surface area (Å²) in [6, 6.07) is 0. The molecule has 0 saturated heterocycles. The van der Waals surface area contributed by atoms with Gasteiger partial charge in [-0.25, -0.2) is 0 Å². The van der Waals surface area contributed by atoms with Gasteiger partial charge in [0.15, 0.2) is 0 Å². The summed E-state index contributed by atoms with van der Waals surface area (Å²) in [6.07, 6.45) is 9.84. The van der Waals surface area contributed by atoms with Gasteiger partial charge in [0.2, 0.25) is 0 Å². The number of rotatable bonds is 4. The average molecular weight is 163 g/mol. The molecule has 0 aromatic carbocycles. The standard InChI is InChI=1S/C11H17N/c1-10(2)11(3)8-6-5-7-9-12-4/h5-9,12H,1H2,2-4H3/b6-5+,9-7+,11-8+. The quantitative estimate of drug-likeness (QED) is 0.628. The fourth-order valence-electron chi connectivity index (χ4n) is 0.558. The summed E-state index contributed by atoms with van der Waals surface area (Å²) < 4.78 is 0. The Morgan fingerprint density at radius 2 is 1.83 bits per heavy atom. The Morgan fingerprint density at radius 3 is 2.33 bits per heavy atom. The van der Waals surface area contributed by atoms with Crippen LogP contribution in [0.5, 0.6) is 0 Å². The zero-order valence-electron chi connectivity index (χ0n) is 8.09. The van der Waals surface area contributed by atoms with Crippen molar-refractivity contribution in [2.24, 2.45) is 0 Å². The maximum atomic E-state index is 3.84. The third kappa shape index (κ3) is 5.54. The van der Waals surface area contributed by atoms with Crippen molar-refractivity contribution in [1.82, 2.24) is 5.32 Å². The van der Waals surface area contributed by atoms with E-state index in [0.29, 0.717) is 0 Å². The summed E-state index contributed by atoms with van der Waals surface area (Å²) in [5.41, 5.74) is 2.32. The van der Waals surface area contributed by atoms with E-state index in [1.54, 1.807) is 0 Å². The van der Waals surface area contributed by atoms with Gasteiger partial charge >= 0.3 is 0 Å². The van der Waals surface area contributed by atoms with Crippen molar-refractivity contribution in [3.8, 4) is 0 Å². The van der Waals surface area contributed by atoms with Crippen LogP contribution in [0.15, 0.2) is 48.2 Å². The second kappa shape index (κ2) is 6.47. The summed E-state index contributed by atoms with van der Waals surface area (Å²) in [4.78, 5) is 0. The molecule has 0 aliphatic rings. The zero-order valence-corrected chi connectivity index (χ0v) is 8.09. The molecule has 0 heterocycles. The van der Waals surface area contributed by atoms with Gasteiger partial charge in [-0.1, -0.05) is 30.4 Å². The number of nitrogens with one attached hydrogen (secondary N) is 1. The predicted molar refractivity (Wildman–Crippen MR) is 55.9 cm³/mol. The van der Waals surface area contributed by atoms with E-state index in [1.165, 1.54) is 5.57 Å². The van der Waals surface area contributed by atoms with E-state index in [9.17, 15) is 0 Å². The first-order valence-electron chi connectivity index (χ1n) is 4.01. The lowest BCUT2D eigenvalue weighted by Gasteiger charge is -1.93. The van der Waals surface area contributed by atoms with Crippen LogP contribution >= 0.6 is 0 Å². The minimum Gasteiger partial charge on any atom is -0.394 e. The van der Waals surface area contributed by atoms with Crippen LogP contribution in [-0.2, 0) is 0 Å². The highest BCUT2D eigenvalue weighted by Crippen LogP contribution is 2.04. The second-order valence-electron chi connectivity index (χ2n) is 2.66. The summed E-state index contributed by atoms with van der Waals surface area (Å²) in [5, 5.41) is 2.91. The summed E-state index contributed by atoms with van der Waals surface area (Å²) in [6.45, 7) is 7.89. The molecule has 0 spiro atoms. The van der Waals surface area contributed by atoms with Crippen molar-refractivity contribution in [2.75, 3.05) is 7.05 Å². The highest BCUT2D eigenvalue weighted by Gasteiger charge is 1.83. The lowest BCUT2D eigenvalue weighted by atomic mass is 10.1. The number of hydrogen-bond donors (Lipinski definition) is 1. The molecule has 0 aromatic heterocycles. The highest BCUT2D eigenvalue weighted by atomic mass is 14.8. The molecule has 0 atom stereocenters. The zero-order chi connectivity index (χ0) is 9.40. The largest absolute Gasteiger partial charge is 0.394 e. The Labute approximate surface area is 75.2 Å². The van der Waals surface area contributed by atoms with Crippen molar-refractivity contribution in [1.29, 1.82) is 0 Å². The first-order valence-corrected chi connectivity index (χ1v) is 4.01. The molecule has 0 bridgehead atoms. The fourth-order valence-corrected chi connectivity index (χ4v) is 0.558. The number of hydrogen-bond acceptors (Lipinski definition) is 1. The molecule has 0 rings (SSSR count). The fraction of sp³-hybridized carbons (Fsp3) is 0.273. The first kappa shape index (κ1) is 10.8. The molecule has 66 valence electrons. The van der Waals surface area contributed by atoms with Crippen LogP contribution in [0.3, 0.4) is 0 Å². The molecule has 1 N–H and O–H groups in total. The van der Waals surface area contributed by atoms with Crippen molar-refractivity contribution >= 4 is 0 Å².